The van der Waals surface area contributed by atoms with Gasteiger partial charge >= 0.3 is 0 Å². The summed E-state index contributed by atoms with van der Waals surface area (Å²) in [7, 11) is 0. The molecule has 0 N–H and O–H groups in total. The van der Waals surface area contributed by atoms with Crippen molar-refractivity contribution in [1.29, 1.82) is 0 Å². The molecule has 0 aliphatic carbocycles. The molecule has 2 rings (SSSR count). The molecule has 0 amide bonds. The maximum absolute atomic E-state index is 13.2. The van der Waals surface area contributed by atoms with Gasteiger partial charge in [-0.25, -0.2) is 8.78 Å². The van der Waals surface area contributed by atoms with Gasteiger partial charge in [-0.3, -0.25) is 4.98 Å². The smallest absolute Gasteiger partial charge is 0.159 e. The molecule has 1 aromatic carbocycles. The van der Waals surface area contributed by atoms with Crippen molar-refractivity contribution in [3.05, 3.63) is 48.3 Å². The molecule has 1 nitrogen and oxygen atoms in total. The van der Waals surface area contributed by atoms with Crippen molar-refractivity contribution in [3.63, 3.8) is 0 Å². The molecule has 88 valence electrons. The summed E-state index contributed by atoms with van der Waals surface area (Å²) in [5.41, 5.74) is 1.48. The minimum absolute atomic E-state index is 0.646. The summed E-state index contributed by atoms with van der Waals surface area (Å²) >= 11 is 1.65. The number of benzene rings is 1. The van der Waals surface area contributed by atoms with E-state index in [0.717, 1.165) is 22.3 Å². The van der Waals surface area contributed by atoms with E-state index in [1.54, 1.807) is 30.2 Å². The van der Waals surface area contributed by atoms with Crippen LogP contribution < -0.4 is 0 Å². The standard InChI is InChI=1S/C13H11F2NS/c1-2-17-13-5-6-16-8-10(13)9-3-4-11(14)12(15)7-9/h3-8H,2H2,1H3. The van der Waals surface area contributed by atoms with Gasteiger partial charge in [0.15, 0.2) is 11.6 Å². The first-order chi connectivity index (χ1) is 8.22. The van der Waals surface area contributed by atoms with Crippen LogP contribution >= 0.6 is 11.8 Å². The second-order valence-electron chi connectivity index (χ2n) is 3.43. The van der Waals surface area contributed by atoms with Crippen molar-refractivity contribution >= 4 is 11.8 Å². The first kappa shape index (κ1) is 12.0. The van der Waals surface area contributed by atoms with Crippen LogP contribution in [0.4, 0.5) is 8.78 Å². The van der Waals surface area contributed by atoms with E-state index in [4.69, 9.17) is 0 Å². The third-order valence-electron chi connectivity index (χ3n) is 2.31. The number of hydrogen-bond donors (Lipinski definition) is 0. The van der Waals surface area contributed by atoms with Crippen LogP contribution in [0.1, 0.15) is 6.92 Å². The fourth-order valence-corrected chi connectivity index (χ4v) is 2.34. The van der Waals surface area contributed by atoms with Crippen molar-refractivity contribution in [2.24, 2.45) is 0 Å². The van der Waals surface area contributed by atoms with Gasteiger partial charge in [-0.15, -0.1) is 11.8 Å². The van der Waals surface area contributed by atoms with Gasteiger partial charge in [-0.1, -0.05) is 13.0 Å². The Morgan fingerprint density at radius 2 is 2.00 bits per heavy atom. The molecule has 0 saturated heterocycles. The lowest BCUT2D eigenvalue weighted by atomic mass is 10.1. The first-order valence-electron chi connectivity index (χ1n) is 5.24. The Balaban J connectivity index is 2.48. The van der Waals surface area contributed by atoms with E-state index < -0.39 is 11.6 Å². The van der Waals surface area contributed by atoms with E-state index in [0.29, 0.717) is 5.56 Å². The summed E-state index contributed by atoms with van der Waals surface area (Å²) in [6.45, 7) is 2.04. The molecule has 17 heavy (non-hydrogen) atoms. The van der Waals surface area contributed by atoms with Gasteiger partial charge < -0.3 is 0 Å². The molecule has 0 aliphatic heterocycles. The van der Waals surface area contributed by atoms with E-state index in [9.17, 15) is 8.78 Å². The number of thioether (sulfide) groups is 1. The van der Waals surface area contributed by atoms with Crippen LogP contribution in [0, 0.1) is 11.6 Å². The van der Waals surface area contributed by atoms with Crippen molar-refractivity contribution in [3.8, 4) is 11.1 Å². The Bertz CT molecular complexity index is 529. The topological polar surface area (TPSA) is 12.9 Å². The highest BCUT2D eigenvalue weighted by atomic mass is 32.2. The fourth-order valence-electron chi connectivity index (χ4n) is 1.54. The second-order valence-corrected chi connectivity index (χ2v) is 4.74. The second kappa shape index (κ2) is 5.27. The summed E-state index contributed by atoms with van der Waals surface area (Å²) < 4.78 is 26.0. The monoisotopic (exact) mass is 251 g/mol. The van der Waals surface area contributed by atoms with Crippen LogP contribution in [0.2, 0.25) is 0 Å². The molecule has 4 heteroatoms. The van der Waals surface area contributed by atoms with Crippen LogP contribution in [-0.2, 0) is 0 Å². The minimum Gasteiger partial charge on any atom is -0.264 e. The van der Waals surface area contributed by atoms with Crippen molar-refractivity contribution in [2.45, 2.75) is 11.8 Å². The van der Waals surface area contributed by atoms with Crippen LogP contribution in [0.3, 0.4) is 0 Å². The Morgan fingerprint density at radius 1 is 1.18 bits per heavy atom. The Labute approximate surface area is 103 Å². The molecular formula is C13H11F2NS. The number of pyridine rings is 1. The van der Waals surface area contributed by atoms with E-state index in [1.807, 2.05) is 13.0 Å². The highest BCUT2D eigenvalue weighted by Crippen LogP contribution is 2.31. The first-order valence-corrected chi connectivity index (χ1v) is 6.23. The molecule has 0 unspecified atom stereocenters. The Kier molecular flexibility index (Phi) is 3.74. The lowest BCUT2D eigenvalue weighted by Crippen LogP contribution is -1.88. The third-order valence-corrected chi connectivity index (χ3v) is 3.27. The average molecular weight is 251 g/mol. The van der Waals surface area contributed by atoms with Crippen molar-refractivity contribution < 1.29 is 8.78 Å². The Hall–Kier alpha value is -1.42. The fraction of sp³-hybridized carbons (Fsp3) is 0.154. The number of rotatable bonds is 3. The Morgan fingerprint density at radius 3 is 2.71 bits per heavy atom. The summed E-state index contributed by atoms with van der Waals surface area (Å²) in [5, 5.41) is 0. The number of hydrogen-bond acceptors (Lipinski definition) is 2. The summed E-state index contributed by atoms with van der Waals surface area (Å²) in [4.78, 5) is 5.05. The zero-order chi connectivity index (χ0) is 12.3. The molecule has 1 aromatic heterocycles. The number of nitrogens with zero attached hydrogens (tertiary/aromatic N) is 1. The molecule has 2 aromatic rings. The van der Waals surface area contributed by atoms with Crippen LogP contribution in [-0.4, -0.2) is 10.7 Å². The van der Waals surface area contributed by atoms with Crippen LogP contribution in [0.15, 0.2) is 41.6 Å². The quantitative estimate of drug-likeness (QED) is 0.760. The van der Waals surface area contributed by atoms with Crippen molar-refractivity contribution in [1.82, 2.24) is 4.98 Å². The number of halogens is 2. The van der Waals surface area contributed by atoms with E-state index in [2.05, 4.69) is 4.98 Å². The molecule has 0 radical (unpaired) electrons. The molecule has 0 bridgehead atoms. The predicted octanol–water partition coefficient (Wildman–Crippen LogP) is 4.14. The molecule has 0 saturated carbocycles. The molecule has 1 heterocycles. The lowest BCUT2D eigenvalue weighted by molar-refractivity contribution is 0.509. The van der Waals surface area contributed by atoms with Crippen LogP contribution in [0.25, 0.3) is 11.1 Å². The molecule has 0 fully saturated rings. The molecule has 0 atom stereocenters. The van der Waals surface area contributed by atoms with Gasteiger partial charge in [0.05, 0.1) is 0 Å². The largest absolute Gasteiger partial charge is 0.264 e. The zero-order valence-corrected chi connectivity index (χ0v) is 10.1. The van der Waals surface area contributed by atoms with E-state index in [-0.39, 0.29) is 0 Å². The maximum atomic E-state index is 13.2. The van der Waals surface area contributed by atoms with Gasteiger partial charge in [0.1, 0.15) is 0 Å². The average Bonchev–Trinajstić information content (AvgIpc) is 2.34. The van der Waals surface area contributed by atoms with Gasteiger partial charge in [0.25, 0.3) is 0 Å². The third kappa shape index (κ3) is 2.64. The summed E-state index contributed by atoms with van der Waals surface area (Å²) in [6.07, 6.45) is 3.37. The predicted molar refractivity (Wildman–Crippen MR) is 66.0 cm³/mol. The molecular weight excluding hydrogens is 240 g/mol. The zero-order valence-electron chi connectivity index (χ0n) is 9.28. The highest BCUT2D eigenvalue weighted by Gasteiger charge is 2.08. The molecule has 0 spiro atoms. The van der Waals surface area contributed by atoms with E-state index >= 15 is 0 Å². The SMILES string of the molecule is CCSc1ccncc1-c1ccc(F)c(F)c1. The summed E-state index contributed by atoms with van der Waals surface area (Å²) in [5.74, 6) is -0.748. The normalized spacial score (nSPS) is 10.5. The summed E-state index contributed by atoms with van der Waals surface area (Å²) in [6, 6.07) is 5.78. The van der Waals surface area contributed by atoms with E-state index in [1.165, 1.54) is 6.07 Å². The molecule has 0 aliphatic rings. The van der Waals surface area contributed by atoms with Crippen LogP contribution in [0.5, 0.6) is 0 Å². The number of aromatic nitrogens is 1. The highest BCUT2D eigenvalue weighted by molar-refractivity contribution is 7.99. The van der Waals surface area contributed by atoms with Gasteiger partial charge in [0, 0.05) is 22.9 Å². The maximum Gasteiger partial charge on any atom is 0.159 e. The minimum atomic E-state index is -0.834. The van der Waals surface area contributed by atoms with Crippen molar-refractivity contribution in [2.75, 3.05) is 5.75 Å². The van der Waals surface area contributed by atoms with Gasteiger partial charge in [-0.05, 0) is 29.5 Å². The van der Waals surface area contributed by atoms with Gasteiger partial charge in [0.2, 0.25) is 0 Å². The lowest BCUT2D eigenvalue weighted by Gasteiger charge is -2.07. The van der Waals surface area contributed by atoms with Gasteiger partial charge in [-0.2, -0.15) is 0 Å².